The normalized spacial score (nSPS) is 15.6. The minimum Gasteiger partial charge on any atom is -0.339 e. The molecule has 0 aliphatic carbocycles. The first kappa shape index (κ1) is 14.0. The topological polar surface area (TPSA) is 66.6 Å². The molecule has 0 bridgehead atoms. The summed E-state index contributed by atoms with van der Waals surface area (Å²) in [6, 6.07) is 3.72. The lowest BCUT2D eigenvalue weighted by atomic mass is 10.2. The third kappa shape index (κ3) is 3.54. The molecule has 0 spiro atoms. The zero-order chi connectivity index (χ0) is 13.7. The Balaban J connectivity index is 1.82. The lowest BCUT2D eigenvalue weighted by Crippen LogP contribution is -2.50. The SMILES string of the molecule is NCCCC(=O)N1CCN(C(=O)c2cccs2)CC1. The third-order valence-electron chi connectivity index (χ3n) is 3.25. The van der Waals surface area contributed by atoms with Gasteiger partial charge in [-0.25, -0.2) is 0 Å². The van der Waals surface area contributed by atoms with E-state index >= 15 is 0 Å². The van der Waals surface area contributed by atoms with Crippen LogP contribution in [0, 0.1) is 0 Å². The highest BCUT2D eigenvalue weighted by Crippen LogP contribution is 2.14. The molecular formula is C13H19N3O2S. The molecule has 0 saturated carbocycles. The first-order chi connectivity index (χ1) is 9.22. The summed E-state index contributed by atoms with van der Waals surface area (Å²) in [5, 5.41) is 1.90. The van der Waals surface area contributed by atoms with Gasteiger partial charge in [0.05, 0.1) is 4.88 Å². The average Bonchev–Trinajstić information content (AvgIpc) is 2.98. The standard InChI is InChI=1S/C13H19N3O2S/c14-5-1-4-12(17)15-6-8-16(9-7-15)13(18)11-3-2-10-19-11/h2-3,10H,1,4-9,14H2. The van der Waals surface area contributed by atoms with E-state index in [2.05, 4.69) is 0 Å². The van der Waals surface area contributed by atoms with Crippen molar-refractivity contribution in [2.45, 2.75) is 12.8 Å². The van der Waals surface area contributed by atoms with Crippen LogP contribution in [0.25, 0.3) is 0 Å². The maximum atomic E-state index is 12.1. The van der Waals surface area contributed by atoms with Gasteiger partial charge in [0.15, 0.2) is 0 Å². The summed E-state index contributed by atoms with van der Waals surface area (Å²) in [5.41, 5.74) is 5.40. The fourth-order valence-corrected chi connectivity index (χ4v) is 2.82. The molecule has 1 aromatic heterocycles. The van der Waals surface area contributed by atoms with Crippen molar-refractivity contribution in [3.8, 4) is 0 Å². The first-order valence-electron chi connectivity index (χ1n) is 6.53. The Bertz CT molecular complexity index is 425. The Hall–Kier alpha value is -1.40. The van der Waals surface area contributed by atoms with E-state index in [1.165, 1.54) is 11.3 Å². The molecule has 1 saturated heterocycles. The fraction of sp³-hybridized carbons (Fsp3) is 0.538. The van der Waals surface area contributed by atoms with E-state index in [4.69, 9.17) is 5.73 Å². The van der Waals surface area contributed by atoms with Crippen LogP contribution in [-0.2, 0) is 4.79 Å². The Labute approximate surface area is 117 Å². The number of nitrogens with two attached hydrogens (primary N) is 1. The van der Waals surface area contributed by atoms with Crippen molar-refractivity contribution in [1.29, 1.82) is 0 Å². The van der Waals surface area contributed by atoms with Crippen LogP contribution < -0.4 is 5.73 Å². The largest absolute Gasteiger partial charge is 0.339 e. The van der Waals surface area contributed by atoms with Gasteiger partial charge in [-0.1, -0.05) is 6.07 Å². The van der Waals surface area contributed by atoms with E-state index in [1.807, 2.05) is 27.3 Å². The minimum absolute atomic E-state index is 0.0732. The van der Waals surface area contributed by atoms with E-state index in [0.29, 0.717) is 39.1 Å². The molecule has 104 valence electrons. The Morgan fingerprint density at radius 3 is 2.47 bits per heavy atom. The van der Waals surface area contributed by atoms with Gasteiger partial charge in [0.25, 0.3) is 5.91 Å². The average molecular weight is 281 g/mol. The summed E-state index contributed by atoms with van der Waals surface area (Å²) in [6.07, 6.45) is 1.24. The molecule has 5 nitrogen and oxygen atoms in total. The molecule has 19 heavy (non-hydrogen) atoms. The number of rotatable bonds is 4. The molecule has 2 rings (SSSR count). The maximum absolute atomic E-state index is 12.1. The highest BCUT2D eigenvalue weighted by molar-refractivity contribution is 7.12. The van der Waals surface area contributed by atoms with E-state index < -0.39 is 0 Å². The molecule has 1 aliphatic heterocycles. The summed E-state index contributed by atoms with van der Waals surface area (Å²) in [5.74, 6) is 0.220. The second-order valence-corrected chi connectivity index (χ2v) is 5.49. The van der Waals surface area contributed by atoms with Gasteiger partial charge in [0, 0.05) is 32.6 Å². The van der Waals surface area contributed by atoms with Crippen molar-refractivity contribution < 1.29 is 9.59 Å². The quantitative estimate of drug-likeness (QED) is 0.886. The Morgan fingerprint density at radius 1 is 1.21 bits per heavy atom. The zero-order valence-corrected chi connectivity index (χ0v) is 11.7. The molecule has 1 fully saturated rings. The second-order valence-electron chi connectivity index (χ2n) is 4.54. The zero-order valence-electron chi connectivity index (χ0n) is 10.9. The third-order valence-corrected chi connectivity index (χ3v) is 4.10. The molecule has 6 heteroatoms. The summed E-state index contributed by atoms with van der Waals surface area (Å²) in [4.78, 5) is 28.4. The molecule has 2 amide bonds. The fourth-order valence-electron chi connectivity index (χ4n) is 2.13. The number of carbonyl (C=O) groups is 2. The lowest BCUT2D eigenvalue weighted by Gasteiger charge is -2.34. The van der Waals surface area contributed by atoms with Gasteiger partial charge in [-0.15, -0.1) is 11.3 Å². The van der Waals surface area contributed by atoms with Crippen LogP contribution in [0.1, 0.15) is 22.5 Å². The van der Waals surface area contributed by atoms with Gasteiger partial charge in [-0.3, -0.25) is 9.59 Å². The smallest absolute Gasteiger partial charge is 0.264 e. The van der Waals surface area contributed by atoms with Gasteiger partial charge in [0.2, 0.25) is 5.91 Å². The monoisotopic (exact) mass is 281 g/mol. The second kappa shape index (κ2) is 6.68. The van der Waals surface area contributed by atoms with Crippen molar-refractivity contribution in [3.05, 3.63) is 22.4 Å². The van der Waals surface area contributed by atoms with Crippen molar-refractivity contribution in [2.24, 2.45) is 5.73 Å². The predicted molar refractivity (Wildman–Crippen MR) is 75.1 cm³/mol. The number of piperazine rings is 1. The summed E-state index contributed by atoms with van der Waals surface area (Å²) < 4.78 is 0. The Morgan fingerprint density at radius 2 is 1.89 bits per heavy atom. The molecule has 0 radical (unpaired) electrons. The number of amides is 2. The summed E-state index contributed by atoms with van der Waals surface area (Å²) in [7, 11) is 0. The van der Waals surface area contributed by atoms with E-state index in [9.17, 15) is 9.59 Å². The van der Waals surface area contributed by atoms with Crippen LogP contribution in [0.5, 0.6) is 0 Å². The van der Waals surface area contributed by atoms with Gasteiger partial charge < -0.3 is 15.5 Å². The summed E-state index contributed by atoms with van der Waals surface area (Å²) in [6.45, 7) is 3.03. The lowest BCUT2D eigenvalue weighted by molar-refractivity contribution is -0.132. The van der Waals surface area contributed by atoms with Crippen LogP contribution >= 0.6 is 11.3 Å². The molecule has 0 atom stereocenters. The van der Waals surface area contributed by atoms with Crippen molar-refractivity contribution in [2.75, 3.05) is 32.7 Å². The van der Waals surface area contributed by atoms with Crippen LogP contribution in [0.15, 0.2) is 17.5 Å². The van der Waals surface area contributed by atoms with Crippen LogP contribution in [-0.4, -0.2) is 54.3 Å². The number of nitrogens with zero attached hydrogens (tertiary/aromatic N) is 2. The van der Waals surface area contributed by atoms with Crippen LogP contribution in [0.2, 0.25) is 0 Å². The molecule has 0 aromatic carbocycles. The number of hydrogen-bond donors (Lipinski definition) is 1. The molecule has 0 unspecified atom stereocenters. The number of carbonyl (C=O) groups excluding carboxylic acids is 2. The number of hydrogen-bond acceptors (Lipinski definition) is 4. The Kier molecular flexibility index (Phi) is 4.93. The minimum atomic E-state index is 0.0732. The van der Waals surface area contributed by atoms with Gasteiger partial charge in [-0.05, 0) is 24.4 Å². The first-order valence-corrected chi connectivity index (χ1v) is 7.41. The van der Waals surface area contributed by atoms with Crippen molar-refractivity contribution >= 4 is 23.2 Å². The molecule has 1 aromatic rings. The van der Waals surface area contributed by atoms with E-state index in [0.717, 1.165) is 11.3 Å². The van der Waals surface area contributed by atoms with E-state index in [1.54, 1.807) is 0 Å². The highest BCUT2D eigenvalue weighted by Gasteiger charge is 2.24. The predicted octanol–water partition coefficient (Wildman–Crippen LogP) is 0.771. The van der Waals surface area contributed by atoms with Crippen LogP contribution in [0.4, 0.5) is 0 Å². The van der Waals surface area contributed by atoms with Crippen molar-refractivity contribution in [3.63, 3.8) is 0 Å². The van der Waals surface area contributed by atoms with E-state index in [-0.39, 0.29) is 11.8 Å². The highest BCUT2D eigenvalue weighted by atomic mass is 32.1. The van der Waals surface area contributed by atoms with Gasteiger partial charge in [-0.2, -0.15) is 0 Å². The molecular weight excluding hydrogens is 262 g/mol. The molecule has 1 aliphatic rings. The summed E-state index contributed by atoms with van der Waals surface area (Å²) >= 11 is 1.46. The molecule has 2 N–H and O–H groups in total. The van der Waals surface area contributed by atoms with Gasteiger partial charge in [0.1, 0.15) is 0 Å². The maximum Gasteiger partial charge on any atom is 0.264 e. The molecule has 2 heterocycles. The number of thiophene rings is 1. The van der Waals surface area contributed by atoms with Crippen LogP contribution in [0.3, 0.4) is 0 Å². The van der Waals surface area contributed by atoms with Crippen molar-refractivity contribution in [1.82, 2.24) is 9.80 Å². The van der Waals surface area contributed by atoms with Gasteiger partial charge >= 0.3 is 0 Å².